The van der Waals surface area contributed by atoms with Crippen molar-refractivity contribution in [1.82, 2.24) is 35.2 Å². The Balaban J connectivity index is 0.00000341. The van der Waals surface area contributed by atoms with Crippen molar-refractivity contribution >= 4 is 35.9 Å². The molecule has 31 heavy (non-hydrogen) atoms. The zero-order chi connectivity index (χ0) is 21.3. The van der Waals surface area contributed by atoms with Crippen LogP contribution in [0.1, 0.15) is 18.4 Å². The quantitative estimate of drug-likeness (QED) is 0.195. The summed E-state index contributed by atoms with van der Waals surface area (Å²) < 4.78 is 6.06. The molecule has 0 saturated carbocycles. The van der Waals surface area contributed by atoms with Crippen LogP contribution >= 0.6 is 24.0 Å². The van der Waals surface area contributed by atoms with Crippen LogP contribution < -0.4 is 5.32 Å². The Kier molecular flexibility index (Phi) is 9.43. The van der Waals surface area contributed by atoms with Crippen molar-refractivity contribution in [1.29, 1.82) is 0 Å². The fourth-order valence-corrected chi connectivity index (χ4v) is 2.82. The van der Waals surface area contributed by atoms with Gasteiger partial charge in [0.05, 0.1) is 38.3 Å². The summed E-state index contributed by atoms with van der Waals surface area (Å²) in [5, 5.41) is 11.2. The highest BCUT2D eigenvalue weighted by molar-refractivity contribution is 14.0. The molecular weight excluding hydrogens is 511 g/mol. The summed E-state index contributed by atoms with van der Waals surface area (Å²) in [7, 11) is 3.28. The van der Waals surface area contributed by atoms with E-state index in [9.17, 15) is 4.79 Å². The molecule has 166 valence electrons. The number of imidazole rings is 1. The number of carbonyl (C=O) groups excluding carboxylic acids is 1. The summed E-state index contributed by atoms with van der Waals surface area (Å²) in [6.07, 6.45) is 3.52. The van der Waals surface area contributed by atoms with Crippen molar-refractivity contribution in [2.75, 3.05) is 20.7 Å². The van der Waals surface area contributed by atoms with Gasteiger partial charge in [0, 0.05) is 13.6 Å². The number of guanidine groups is 1. The van der Waals surface area contributed by atoms with Gasteiger partial charge in [-0.05, 0) is 12.5 Å². The van der Waals surface area contributed by atoms with Gasteiger partial charge < -0.3 is 19.9 Å². The molecule has 2 heterocycles. The lowest BCUT2D eigenvalue weighted by molar-refractivity contribution is -0.141. The van der Waals surface area contributed by atoms with Gasteiger partial charge >= 0.3 is 5.97 Å². The fourth-order valence-electron chi connectivity index (χ4n) is 2.82. The molecule has 1 aromatic carbocycles. The molecule has 0 unspecified atom stereocenters. The maximum Gasteiger partial charge on any atom is 0.327 e. The van der Waals surface area contributed by atoms with E-state index in [0.29, 0.717) is 18.8 Å². The number of aromatic amines is 1. The Bertz CT molecular complexity index is 986. The zero-order valence-corrected chi connectivity index (χ0v) is 20.1. The summed E-state index contributed by atoms with van der Waals surface area (Å²) >= 11 is 0. The lowest BCUT2D eigenvalue weighted by Gasteiger charge is -2.20. The average Bonchev–Trinajstić information content (AvgIpc) is 3.41. The van der Waals surface area contributed by atoms with E-state index in [4.69, 9.17) is 0 Å². The van der Waals surface area contributed by atoms with Crippen molar-refractivity contribution < 1.29 is 9.53 Å². The highest BCUT2D eigenvalue weighted by Gasteiger charge is 2.11. The van der Waals surface area contributed by atoms with E-state index in [2.05, 4.69) is 35.3 Å². The number of methoxy groups -OCH3 is 1. The van der Waals surface area contributed by atoms with Gasteiger partial charge in [-0.3, -0.25) is 4.79 Å². The minimum Gasteiger partial charge on any atom is -0.468 e. The molecule has 0 spiro atoms. The van der Waals surface area contributed by atoms with Crippen molar-refractivity contribution in [3.63, 3.8) is 0 Å². The van der Waals surface area contributed by atoms with Crippen LogP contribution in [0.2, 0.25) is 0 Å². The van der Waals surface area contributed by atoms with E-state index in [1.165, 1.54) is 11.8 Å². The number of H-pyrrole nitrogens is 1. The summed E-state index contributed by atoms with van der Waals surface area (Å²) in [6.45, 7) is 3.66. The second-order valence-electron chi connectivity index (χ2n) is 6.62. The Morgan fingerprint density at radius 1 is 1.32 bits per heavy atom. The zero-order valence-electron chi connectivity index (χ0n) is 17.8. The summed E-state index contributed by atoms with van der Waals surface area (Å²) in [6, 6.07) is 10.1. The summed E-state index contributed by atoms with van der Waals surface area (Å²) in [5.41, 5.74) is 2.73. The Morgan fingerprint density at radius 3 is 2.81 bits per heavy atom. The first-order chi connectivity index (χ1) is 14.6. The Hall–Kier alpha value is -2.96. The molecule has 0 bridgehead atoms. The topological polar surface area (TPSA) is 113 Å². The van der Waals surface area contributed by atoms with Crippen LogP contribution in [0.15, 0.2) is 47.7 Å². The first-order valence-corrected chi connectivity index (χ1v) is 9.63. The molecule has 0 fully saturated rings. The molecule has 0 amide bonds. The average molecular weight is 538 g/mol. The number of nitrogens with one attached hydrogen (secondary N) is 2. The van der Waals surface area contributed by atoms with E-state index in [0.717, 1.165) is 29.6 Å². The molecule has 3 rings (SSSR count). The molecule has 10 nitrogen and oxygen atoms in total. The number of esters is 1. The standard InChI is InChI=1S/C20H26N8O2.HI/c1-4-21-20(23-10-16-12-28(26-25-16)14-19(29)30-3)27(2)13-18-22-11-17(24-18)15-8-6-5-7-9-15;/h5-9,11-12H,4,10,13-14H2,1-3H3,(H,21,23)(H,22,24);1H. The molecule has 3 aromatic rings. The lowest BCUT2D eigenvalue weighted by atomic mass is 10.2. The third-order valence-electron chi connectivity index (χ3n) is 4.29. The number of hydrogen-bond acceptors (Lipinski definition) is 6. The summed E-state index contributed by atoms with van der Waals surface area (Å²) in [5.74, 6) is 1.18. The SMILES string of the molecule is CCNC(=NCc1cn(CC(=O)OC)nn1)N(C)Cc1ncc(-c2ccccc2)[nH]1.I. The fraction of sp³-hybridized carbons (Fsp3) is 0.350. The van der Waals surface area contributed by atoms with Gasteiger partial charge in [-0.2, -0.15) is 0 Å². The van der Waals surface area contributed by atoms with Gasteiger partial charge in [0.15, 0.2) is 5.96 Å². The van der Waals surface area contributed by atoms with Gasteiger partial charge in [-0.25, -0.2) is 14.7 Å². The van der Waals surface area contributed by atoms with Gasteiger partial charge in [-0.1, -0.05) is 35.5 Å². The Morgan fingerprint density at radius 2 is 2.10 bits per heavy atom. The van der Waals surface area contributed by atoms with Crippen LogP contribution in [0, 0.1) is 0 Å². The molecule has 0 aliphatic rings. The van der Waals surface area contributed by atoms with Gasteiger partial charge in [0.2, 0.25) is 0 Å². The van der Waals surface area contributed by atoms with Crippen LogP contribution in [0.5, 0.6) is 0 Å². The van der Waals surface area contributed by atoms with Crippen molar-refractivity contribution in [3.8, 4) is 11.3 Å². The highest BCUT2D eigenvalue weighted by atomic mass is 127. The molecule has 11 heteroatoms. The predicted octanol–water partition coefficient (Wildman–Crippen LogP) is 2.06. The molecule has 0 aliphatic heterocycles. The van der Waals surface area contributed by atoms with Crippen LogP contribution in [0.4, 0.5) is 0 Å². The number of rotatable bonds is 8. The lowest BCUT2D eigenvalue weighted by Crippen LogP contribution is -2.38. The third-order valence-corrected chi connectivity index (χ3v) is 4.29. The molecule has 2 aromatic heterocycles. The highest BCUT2D eigenvalue weighted by Crippen LogP contribution is 2.16. The van der Waals surface area contributed by atoms with Crippen LogP contribution in [-0.4, -0.2) is 62.5 Å². The number of benzene rings is 1. The molecular formula is C20H27IN8O2. The normalized spacial score (nSPS) is 11.0. The second-order valence-corrected chi connectivity index (χ2v) is 6.62. The second kappa shape index (κ2) is 12.0. The number of hydrogen-bond donors (Lipinski definition) is 2. The number of aromatic nitrogens is 5. The maximum absolute atomic E-state index is 11.3. The van der Waals surface area contributed by atoms with E-state index in [-0.39, 0.29) is 36.5 Å². The van der Waals surface area contributed by atoms with Crippen molar-refractivity contribution in [3.05, 3.63) is 54.2 Å². The van der Waals surface area contributed by atoms with Crippen LogP contribution in [0.25, 0.3) is 11.3 Å². The molecule has 0 atom stereocenters. The Labute approximate surface area is 198 Å². The summed E-state index contributed by atoms with van der Waals surface area (Å²) in [4.78, 5) is 25.8. The van der Waals surface area contributed by atoms with Crippen LogP contribution in [-0.2, 0) is 29.2 Å². The van der Waals surface area contributed by atoms with Gasteiger partial charge in [0.25, 0.3) is 0 Å². The van der Waals surface area contributed by atoms with Crippen molar-refractivity contribution in [2.24, 2.45) is 4.99 Å². The number of halogens is 1. The van der Waals surface area contributed by atoms with Crippen molar-refractivity contribution in [2.45, 2.75) is 26.6 Å². The van der Waals surface area contributed by atoms with Gasteiger partial charge in [-0.15, -0.1) is 29.1 Å². The first-order valence-electron chi connectivity index (χ1n) is 9.63. The number of ether oxygens (including phenoxy) is 1. The van der Waals surface area contributed by atoms with E-state index in [1.807, 2.05) is 55.4 Å². The van der Waals surface area contributed by atoms with E-state index in [1.54, 1.807) is 6.20 Å². The number of nitrogens with zero attached hydrogens (tertiary/aromatic N) is 6. The van der Waals surface area contributed by atoms with Gasteiger partial charge in [0.1, 0.15) is 18.1 Å². The molecule has 0 saturated heterocycles. The molecule has 0 aliphatic carbocycles. The minimum atomic E-state index is -0.378. The molecule has 2 N–H and O–H groups in total. The number of aliphatic imine (C=N–C) groups is 1. The monoisotopic (exact) mass is 538 g/mol. The maximum atomic E-state index is 11.3. The number of carbonyl (C=O) groups is 1. The third kappa shape index (κ3) is 7.05. The van der Waals surface area contributed by atoms with E-state index >= 15 is 0 Å². The predicted molar refractivity (Wildman–Crippen MR) is 128 cm³/mol. The first kappa shape index (κ1) is 24.3. The van der Waals surface area contributed by atoms with E-state index < -0.39 is 0 Å². The molecule has 0 radical (unpaired) electrons. The smallest absolute Gasteiger partial charge is 0.327 e. The largest absolute Gasteiger partial charge is 0.468 e. The minimum absolute atomic E-state index is 0. The van der Waals surface area contributed by atoms with Crippen LogP contribution in [0.3, 0.4) is 0 Å².